The SMILES string of the molecule is COc1cccc(CCc2ccc3ccccc3c2)c1C(=O)OC(C)C. The van der Waals surface area contributed by atoms with Crippen LogP contribution in [0.1, 0.15) is 35.3 Å². The van der Waals surface area contributed by atoms with Crippen molar-refractivity contribution in [3.63, 3.8) is 0 Å². The van der Waals surface area contributed by atoms with E-state index in [9.17, 15) is 4.79 Å². The molecule has 0 aliphatic heterocycles. The molecular weight excluding hydrogens is 324 g/mol. The highest BCUT2D eigenvalue weighted by Gasteiger charge is 2.19. The van der Waals surface area contributed by atoms with E-state index in [4.69, 9.17) is 9.47 Å². The lowest BCUT2D eigenvalue weighted by Crippen LogP contribution is -2.15. The molecule has 0 unspecified atom stereocenters. The highest BCUT2D eigenvalue weighted by molar-refractivity contribution is 5.94. The summed E-state index contributed by atoms with van der Waals surface area (Å²) in [5.41, 5.74) is 2.72. The van der Waals surface area contributed by atoms with Gasteiger partial charge in [0, 0.05) is 0 Å². The van der Waals surface area contributed by atoms with E-state index in [-0.39, 0.29) is 12.1 Å². The number of hydrogen-bond donors (Lipinski definition) is 0. The van der Waals surface area contributed by atoms with Gasteiger partial charge in [0.25, 0.3) is 0 Å². The van der Waals surface area contributed by atoms with Crippen LogP contribution in [0.15, 0.2) is 60.7 Å². The van der Waals surface area contributed by atoms with Gasteiger partial charge in [0.05, 0.1) is 13.2 Å². The van der Waals surface area contributed by atoms with Crippen LogP contribution in [0, 0.1) is 0 Å². The summed E-state index contributed by atoms with van der Waals surface area (Å²) >= 11 is 0. The smallest absolute Gasteiger partial charge is 0.342 e. The molecule has 0 amide bonds. The van der Waals surface area contributed by atoms with Gasteiger partial charge in [-0.3, -0.25) is 0 Å². The number of methoxy groups -OCH3 is 1. The molecule has 3 aromatic carbocycles. The predicted molar refractivity (Wildman–Crippen MR) is 105 cm³/mol. The number of carbonyl (C=O) groups excluding carboxylic acids is 1. The van der Waals surface area contributed by atoms with Crippen molar-refractivity contribution in [3.05, 3.63) is 77.4 Å². The average Bonchev–Trinajstić information content (AvgIpc) is 2.65. The minimum absolute atomic E-state index is 0.166. The van der Waals surface area contributed by atoms with Crippen LogP contribution in [0.4, 0.5) is 0 Å². The maximum Gasteiger partial charge on any atom is 0.342 e. The van der Waals surface area contributed by atoms with Crippen molar-refractivity contribution in [1.82, 2.24) is 0 Å². The van der Waals surface area contributed by atoms with Crippen LogP contribution in [0.2, 0.25) is 0 Å². The number of aryl methyl sites for hydroxylation is 2. The minimum Gasteiger partial charge on any atom is -0.496 e. The Balaban J connectivity index is 1.85. The molecule has 3 aromatic rings. The van der Waals surface area contributed by atoms with Gasteiger partial charge in [-0.25, -0.2) is 4.79 Å². The normalized spacial score (nSPS) is 10.9. The van der Waals surface area contributed by atoms with Gasteiger partial charge in [-0.1, -0.05) is 54.6 Å². The lowest BCUT2D eigenvalue weighted by molar-refractivity contribution is 0.0373. The fraction of sp³-hybridized carbons (Fsp3) is 0.261. The Labute approximate surface area is 154 Å². The monoisotopic (exact) mass is 348 g/mol. The van der Waals surface area contributed by atoms with Crippen LogP contribution in [-0.4, -0.2) is 19.2 Å². The molecule has 3 nitrogen and oxygen atoms in total. The Morgan fingerprint density at radius 3 is 2.42 bits per heavy atom. The van der Waals surface area contributed by atoms with Crippen molar-refractivity contribution < 1.29 is 14.3 Å². The van der Waals surface area contributed by atoms with Crippen molar-refractivity contribution in [2.45, 2.75) is 32.8 Å². The quantitative estimate of drug-likeness (QED) is 0.575. The number of carbonyl (C=O) groups is 1. The zero-order chi connectivity index (χ0) is 18.5. The number of benzene rings is 3. The molecule has 0 aliphatic carbocycles. The number of esters is 1. The first kappa shape index (κ1) is 18.0. The molecule has 0 fully saturated rings. The van der Waals surface area contributed by atoms with Crippen LogP contribution in [0.25, 0.3) is 10.8 Å². The summed E-state index contributed by atoms with van der Waals surface area (Å²) in [4.78, 5) is 12.5. The summed E-state index contributed by atoms with van der Waals surface area (Å²) in [5, 5.41) is 2.47. The second-order valence-corrected chi connectivity index (χ2v) is 6.63. The van der Waals surface area contributed by atoms with Crippen LogP contribution in [0.5, 0.6) is 5.75 Å². The van der Waals surface area contributed by atoms with E-state index in [2.05, 4.69) is 30.3 Å². The van der Waals surface area contributed by atoms with Crippen LogP contribution >= 0.6 is 0 Å². The lowest BCUT2D eigenvalue weighted by Gasteiger charge is -2.15. The number of ether oxygens (including phenoxy) is 2. The molecule has 0 aliphatic rings. The summed E-state index contributed by atoms with van der Waals surface area (Å²) in [6.07, 6.45) is 1.43. The molecule has 3 rings (SSSR count). The fourth-order valence-electron chi connectivity index (χ4n) is 3.13. The van der Waals surface area contributed by atoms with Gasteiger partial charge in [0.1, 0.15) is 11.3 Å². The number of hydrogen-bond acceptors (Lipinski definition) is 3. The molecule has 0 aromatic heterocycles. The van der Waals surface area contributed by atoms with E-state index >= 15 is 0 Å². The summed E-state index contributed by atoms with van der Waals surface area (Å²) in [5.74, 6) is 0.234. The maximum atomic E-state index is 12.5. The van der Waals surface area contributed by atoms with Crippen molar-refractivity contribution >= 4 is 16.7 Å². The first-order valence-electron chi connectivity index (χ1n) is 8.93. The third-order valence-electron chi connectivity index (χ3n) is 4.38. The van der Waals surface area contributed by atoms with E-state index in [1.165, 1.54) is 16.3 Å². The van der Waals surface area contributed by atoms with Gasteiger partial charge in [0.15, 0.2) is 0 Å². The van der Waals surface area contributed by atoms with E-state index in [1.807, 2.05) is 38.1 Å². The standard InChI is InChI=1S/C23H24O3/c1-16(2)26-23(24)22-19(9-6-10-21(22)25-3)14-12-17-11-13-18-7-4-5-8-20(18)15-17/h4-11,13,15-16H,12,14H2,1-3H3. The molecule has 0 heterocycles. The van der Waals surface area contributed by atoms with E-state index in [0.717, 1.165) is 18.4 Å². The number of rotatable bonds is 6. The van der Waals surface area contributed by atoms with E-state index in [0.29, 0.717) is 11.3 Å². The third-order valence-corrected chi connectivity index (χ3v) is 4.38. The van der Waals surface area contributed by atoms with Crippen molar-refractivity contribution in [1.29, 1.82) is 0 Å². The highest BCUT2D eigenvalue weighted by Crippen LogP contribution is 2.25. The minimum atomic E-state index is -0.328. The second-order valence-electron chi connectivity index (χ2n) is 6.63. The van der Waals surface area contributed by atoms with Crippen molar-refractivity contribution in [3.8, 4) is 5.75 Å². The van der Waals surface area contributed by atoms with Crippen LogP contribution < -0.4 is 4.74 Å². The van der Waals surface area contributed by atoms with Crippen LogP contribution in [0.3, 0.4) is 0 Å². The molecule has 0 radical (unpaired) electrons. The Hall–Kier alpha value is -2.81. The topological polar surface area (TPSA) is 35.5 Å². The van der Waals surface area contributed by atoms with Gasteiger partial charge < -0.3 is 9.47 Å². The summed E-state index contributed by atoms with van der Waals surface area (Å²) in [6, 6.07) is 20.5. The van der Waals surface area contributed by atoms with Crippen molar-refractivity contribution in [2.24, 2.45) is 0 Å². The zero-order valence-corrected chi connectivity index (χ0v) is 15.5. The second kappa shape index (κ2) is 8.05. The molecule has 0 saturated carbocycles. The summed E-state index contributed by atoms with van der Waals surface area (Å²) in [6.45, 7) is 3.70. The molecular formula is C23H24O3. The molecule has 0 saturated heterocycles. The number of fused-ring (bicyclic) bond motifs is 1. The first-order valence-corrected chi connectivity index (χ1v) is 8.93. The predicted octanol–water partition coefficient (Wildman–Crippen LogP) is 5.20. The van der Waals surface area contributed by atoms with E-state index < -0.39 is 0 Å². The molecule has 134 valence electrons. The average molecular weight is 348 g/mol. The van der Waals surface area contributed by atoms with Gasteiger partial charge in [-0.15, -0.1) is 0 Å². The molecule has 3 heteroatoms. The Morgan fingerprint density at radius 1 is 0.923 bits per heavy atom. The van der Waals surface area contributed by atoms with Gasteiger partial charge in [-0.2, -0.15) is 0 Å². The summed E-state index contributed by atoms with van der Waals surface area (Å²) < 4.78 is 10.8. The third kappa shape index (κ3) is 4.05. The molecule has 0 atom stereocenters. The Kier molecular flexibility index (Phi) is 5.57. The molecule has 26 heavy (non-hydrogen) atoms. The highest BCUT2D eigenvalue weighted by atomic mass is 16.5. The fourth-order valence-corrected chi connectivity index (χ4v) is 3.13. The maximum absolute atomic E-state index is 12.5. The van der Waals surface area contributed by atoms with Crippen LogP contribution in [-0.2, 0) is 17.6 Å². The largest absolute Gasteiger partial charge is 0.496 e. The Bertz CT molecular complexity index is 912. The van der Waals surface area contributed by atoms with Gasteiger partial charge >= 0.3 is 5.97 Å². The molecule has 0 bridgehead atoms. The zero-order valence-electron chi connectivity index (χ0n) is 15.5. The van der Waals surface area contributed by atoms with Gasteiger partial charge in [-0.05, 0) is 54.7 Å². The molecule has 0 spiro atoms. The lowest BCUT2D eigenvalue weighted by atomic mass is 9.97. The Morgan fingerprint density at radius 2 is 1.69 bits per heavy atom. The van der Waals surface area contributed by atoms with Crippen molar-refractivity contribution in [2.75, 3.05) is 7.11 Å². The van der Waals surface area contributed by atoms with E-state index in [1.54, 1.807) is 13.2 Å². The first-order chi connectivity index (χ1) is 12.6. The molecule has 0 N–H and O–H groups in total. The van der Waals surface area contributed by atoms with Gasteiger partial charge in [0.2, 0.25) is 0 Å². The summed E-state index contributed by atoms with van der Waals surface area (Å²) in [7, 11) is 1.58.